The van der Waals surface area contributed by atoms with E-state index in [0.717, 1.165) is 6.07 Å². The molecule has 0 spiro atoms. The topological polar surface area (TPSA) is 43.3 Å². The van der Waals surface area contributed by atoms with E-state index in [1.165, 1.54) is 10.6 Å². The van der Waals surface area contributed by atoms with Crippen molar-refractivity contribution in [1.82, 2.24) is 9.38 Å². The Morgan fingerprint density at radius 3 is 2.60 bits per heavy atom. The summed E-state index contributed by atoms with van der Waals surface area (Å²) in [5.41, 5.74) is 5.06. The van der Waals surface area contributed by atoms with Gasteiger partial charge in [0.2, 0.25) is 0 Å². The van der Waals surface area contributed by atoms with Gasteiger partial charge in [-0.15, -0.1) is 0 Å². The molecule has 6 heteroatoms. The highest BCUT2D eigenvalue weighted by Crippen LogP contribution is 2.33. The molecule has 2 rings (SSSR count). The minimum Gasteiger partial charge on any atom is -0.397 e. The summed E-state index contributed by atoms with van der Waals surface area (Å²) >= 11 is 0. The van der Waals surface area contributed by atoms with Crippen LogP contribution in [0.25, 0.3) is 5.65 Å². The average Bonchev–Trinajstić information content (AvgIpc) is 2.40. The maximum Gasteiger partial charge on any atom is 0.418 e. The Bertz CT molecular complexity index is 513. The van der Waals surface area contributed by atoms with Crippen molar-refractivity contribution < 1.29 is 13.2 Å². The largest absolute Gasteiger partial charge is 0.418 e. The molecule has 2 N–H and O–H groups in total. The van der Waals surface area contributed by atoms with Crippen LogP contribution >= 0.6 is 0 Å². The second kappa shape index (κ2) is 2.88. The molecule has 0 aliphatic carbocycles. The van der Waals surface area contributed by atoms with E-state index >= 15 is 0 Å². The molecule has 3 nitrogen and oxygen atoms in total. The minimum absolute atomic E-state index is 0.244. The number of nitrogens with two attached hydrogens (primary N) is 1. The number of nitrogens with zero attached hydrogens (tertiary/aromatic N) is 2. The fourth-order valence-electron chi connectivity index (χ4n) is 1.42. The Labute approximate surface area is 83.3 Å². The molecule has 80 valence electrons. The number of alkyl halides is 3. The number of halogens is 3. The van der Waals surface area contributed by atoms with Crippen LogP contribution in [0.1, 0.15) is 11.3 Å². The van der Waals surface area contributed by atoms with Gasteiger partial charge in [0.25, 0.3) is 0 Å². The molecule has 0 aliphatic rings. The Morgan fingerprint density at radius 2 is 2.00 bits per heavy atom. The molecule has 0 radical (unpaired) electrons. The summed E-state index contributed by atoms with van der Waals surface area (Å²) in [7, 11) is 0. The van der Waals surface area contributed by atoms with Crippen molar-refractivity contribution in [2.75, 3.05) is 5.73 Å². The highest BCUT2D eigenvalue weighted by molar-refractivity contribution is 5.56. The maximum atomic E-state index is 12.5. The number of hydrogen-bond donors (Lipinski definition) is 1. The van der Waals surface area contributed by atoms with Gasteiger partial charge in [0.15, 0.2) is 0 Å². The van der Waals surface area contributed by atoms with Crippen LogP contribution in [0.4, 0.5) is 18.9 Å². The number of fused-ring (bicyclic) bond motifs is 1. The van der Waals surface area contributed by atoms with Crippen LogP contribution in [-0.4, -0.2) is 9.38 Å². The van der Waals surface area contributed by atoms with Crippen LogP contribution < -0.4 is 5.73 Å². The first-order chi connectivity index (χ1) is 6.88. The minimum atomic E-state index is -4.44. The van der Waals surface area contributed by atoms with E-state index in [1.807, 2.05) is 0 Å². The van der Waals surface area contributed by atoms with Crippen molar-refractivity contribution in [3.8, 4) is 0 Å². The predicted octanol–water partition coefficient (Wildman–Crippen LogP) is 2.24. The van der Waals surface area contributed by atoms with Crippen LogP contribution in [0, 0.1) is 6.92 Å². The van der Waals surface area contributed by atoms with Gasteiger partial charge in [-0.25, -0.2) is 4.98 Å². The Balaban J connectivity index is 2.72. The van der Waals surface area contributed by atoms with Gasteiger partial charge in [0.1, 0.15) is 5.65 Å². The molecule has 0 saturated carbocycles. The molecule has 0 fully saturated rings. The fraction of sp³-hybridized carbons (Fsp3) is 0.222. The molecule has 0 unspecified atom stereocenters. The van der Waals surface area contributed by atoms with Crippen LogP contribution in [0.15, 0.2) is 18.5 Å². The van der Waals surface area contributed by atoms with E-state index in [2.05, 4.69) is 4.98 Å². The normalized spacial score (nSPS) is 12.3. The quantitative estimate of drug-likeness (QED) is 0.732. The number of pyridine rings is 1. The highest BCUT2D eigenvalue weighted by atomic mass is 19.4. The fourth-order valence-corrected chi connectivity index (χ4v) is 1.42. The van der Waals surface area contributed by atoms with E-state index in [1.54, 1.807) is 13.1 Å². The predicted molar refractivity (Wildman–Crippen MR) is 49.3 cm³/mol. The number of hydrogen-bond acceptors (Lipinski definition) is 2. The zero-order chi connectivity index (χ0) is 11.2. The van der Waals surface area contributed by atoms with Crippen LogP contribution in [0.2, 0.25) is 0 Å². The van der Waals surface area contributed by atoms with Gasteiger partial charge >= 0.3 is 6.18 Å². The third-order valence-electron chi connectivity index (χ3n) is 2.05. The third-order valence-corrected chi connectivity index (χ3v) is 2.05. The lowest BCUT2D eigenvalue weighted by Crippen LogP contribution is -2.09. The number of rotatable bonds is 0. The van der Waals surface area contributed by atoms with E-state index < -0.39 is 11.7 Å². The SMILES string of the molecule is Cc1cn2cc(N)c(C(F)(F)F)cc2n1. The molecule has 2 aromatic rings. The zero-order valence-corrected chi connectivity index (χ0v) is 7.84. The zero-order valence-electron chi connectivity index (χ0n) is 7.84. The number of nitrogen functional groups attached to an aromatic ring is 1. The average molecular weight is 215 g/mol. The van der Waals surface area contributed by atoms with Gasteiger partial charge in [-0.3, -0.25) is 0 Å². The van der Waals surface area contributed by atoms with Gasteiger partial charge in [-0.05, 0) is 13.0 Å². The molecule has 0 saturated heterocycles. The van der Waals surface area contributed by atoms with Crippen LogP contribution in [0.5, 0.6) is 0 Å². The second-order valence-electron chi connectivity index (χ2n) is 3.29. The molecular formula is C9H8F3N3. The number of imidazole rings is 1. The molecule has 0 atom stereocenters. The second-order valence-corrected chi connectivity index (χ2v) is 3.29. The molecular weight excluding hydrogens is 207 g/mol. The first kappa shape index (κ1) is 9.82. The molecule has 15 heavy (non-hydrogen) atoms. The van der Waals surface area contributed by atoms with Crippen LogP contribution in [0.3, 0.4) is 0 Å². The Hall–Kier alpha value is -1.72. The van der Waals surface area contributed by atoms with Crippen molar-refractivity contribution in [3.05, 3.63) is 29.7 Å². The van der Waals surface area contributed by atoms with Gasteiger partial charge in [-0.2, -0.15) is 13.2 Å². The van der Waals surface area contributed by atoms with Gasteiger partial charge in [0.05, 0.1) is 16.9 Å². The lowest BCUT2D eigenvalue weighted by Gasteiger charge is -2.09. The molecule has 0 aliphatic heterocycles. The summed E-state index contributed by atoms with van der Waals surface area (Å²) in [4.78, 5) is 3.94. The summed E-state index contributed by atoms with van der Waals surface area (Å²) in [6, 6.07) is 0.947. The Kier molecular flexibility index (Phi) is 1.89. The maximum absolute atomic E-state index is 12.5. The summed E-state index contributed by atoms with van der Waals surface area (Å²) < 4.78 is 38.9. The number of anilines is 1. The van der Waals surface area contributed by atoms with Gasteiger partial charge in [0, 0.05) is 12.4 Å². The van der Waals surface area contributed by atoms with E-state index in [9.17, 15) is 13.2 Å². The molecule has 0 bridgehead atoms. The summed E-state index contributed by atoms with van der Waals surface area (Å²) in [5, 5.41) is 0. The van der Waals surface area contributed by atoms with Crippen molar-refractivity contribution in [2.24, 2.45) is 0 Å². The monoisotopic (exact) mass is 215 g/mol. The summed E-state index contributed by atoms with van der Waals surface area (Å²) in [6.45, 7) is 1.70. The lowest BCUT2D eigenvalue weighted by molar-refractivity contribution is -0.136. The van der Waals surface area contributed by atoms with E-state index in [0.29, 0.717) is 5.69 Å². The van der Waals surface area contributed by atoms with Crippen molar-refractivity contribution in [1.29, 1.82) is 0 Å². The van der Waals surface area contributed by atoms with E-state index in [4.69, 9.17) is 5.73 Å². The van der Waals surface area contributed by atoms with Crippen LogP contribution in [-0.2, 0) is 6.18 Å². The van der Waals surface area contributed by atoms with Crippen molar-refractivity contribution in [2.45, 2.75) is 13.1 Å². The number of aromatic nitrogens is 2. The smallest absolute Gasteiger partial charge is 0.397 e. The molecule has 0 aromatic carbocycles. The standard InChI is InChI=1S/C9H8F3N3/c1-5-3-15-4-7(13)6(9(10,11)12)2-8(15)14-5/h2-4H,13H2,1H3. The molecule has 0 amide bonds. The summed E-state index contributed by atoms with van der Waals surface area (Å²) in [6.07, 6.45) is -1.60. The highest BCUT2D eigenvalue weighted by Gasteiger charge is 2.33. The third kappa shape index (κ3) is 1.62. The van der Waals surface area contributed by atoms with Gasteiger partial charge < -0.3 is 10.1 Å². The summed E-state index contributed by atoms with van der Waals surface area (Å²) in [5.74, 6) is 0. The number of aryl methyl sites for hydroxylation is 1. The van der Waals surface area contributed by atoms with Gasteiger partial charge in [-0.1, -0.05) is 0 Å². The first-order valence-corrected chi connectivity index (χ1v) is 4.20. The van der Waals surface area contributed by atoms with Crippen molar-refractivity contribution >= 4 is 11.3 Å². The van der Waals surface area contributed by atoms with Crippen molar-refractivity contribution in [3.63, 3.8) is 0 Å². The lowest BCUT2D eigenvalue weighted by atomic mass is 10.2. The molecule has 2 aromatic heterocycles. The van der Waals surface area contributed by atoms with E-state index in [-0.39, 0.29) is 11.3 Å². The first-order valence-electron chi connectivity index (χ1n) is 4.20. The molecule has 2 heterocycles. The Morgan fingerprint density at radius 1 is 1.33 bits per heavy atom.